The van der Waals surface area contributed by atoms with Gasteiger partial charge in [0.25, 0.3) is 0 Å². The van der Waals surface area contributed by atoms with Gasteiger partial charge in [0, 0.05) is 29.9 Å². The Kier molecular flexibility index (Phi) is 3.20. The van der Waals surface area contributed by atoms with Crippen molar-refractivity contribution in [2.45, 2.75) is 32.2 Å². The molecule has 1 aromatic carbocycles. The van der Waals surface area contributed by atoms with Crippen LogP contribution >= 0.6 is 11.6 Å². The minimum atomic E-state index is 0.250. The summed E-state index contributed by atoms with van der Waals surface area (Å²) in [5.41, 5.74) is 1.17. The Morgan fingerprint density at radius 3 is 2.81 bits per heavy atom. The van der Waals surface area contributed by atoms with E-state index in [4.69, 9.17) is 11.6 Å². The topological polar surface area (TPSA) is 20.3 Å². The summed E-state index contributed by atoms with van der Waals surface area (Å²) < 4.78 is 0. The molecule has 2 rings (SSSR count). The molecule has 2 nitrogen and oxygen atoms in total. The standard InChI is InChI=1S/C13H16ClNO/c1-3-15-9(2)12(8-13(15)16)10-5-4-6-11(14)7-10/h4-7,9,12H,3,8H2,1-2H3/t9-,12-/m0/s1. The highest BCUT2D eigenvalue weighted by Gasteiger charge is 2.36. The summed E-state index contributed by atoms with van der Waals surface area (Å²) in [6.07, 6.45) is 0.606. The van der Waals surface area contributed by atoms with Crippen LogP contribution in [-0.4, -0.2) is 23.4 Å². The molecule has 0 saturated carbocycles. The van der Waals surface area contributed by atoms with Gasteiger partial charge >= 0.3 is 0 Å². The number of amides is 1. The number of likely N-dealkylation sites (tertiary alicyclic amines) is 1. The zero-order valence-corrected chi connectivity index (χ0v) is 10.4. The first kappa shape index (κ1) is 11.5. The van der Waals surface area contributed by atoms with Crippen LogP contribution in [0.4, 0.5) is 0 Å². The van der Waals surface area contributed by atoms with E-state index in [1.165, 1.54) is 5.56 Å². The molecule has 0 N–H and O–H groups in total. The maximum atomic E-state index is 11.8. The fourth-order valence-electron chi connectivity index (χ4n) is 2.52. The first-order valence-electron chi connectivity index (χ1n) is 5.68. The fraction of sp³-hybridized carbons (Fsp3) is 0.462. The Labute approximate surface area is 101 Å². The molecule has 1 aliphatic heterocycles. The number of nitrogens with zero attached hydrogens (tertiary/aromatic N) is 1. The SMILES string of the molecule is CCN1C(=O)C[C@H](c2cccc(Cl)c2)[C@@H]1C. The number of hydrogen-bond acceptors (Lipinski definition) is 1. The van der Waals surface area contributed by atoms with Crippen LogP contribution in [0.3, 0.4) is 0 Å². The minimum Gasteiger partial charge on any atom is -0.340 e. The van der Waals surface area contributed by atoms with E-state index >= 15 is 0 Å². The molecule has 0 bridgehead atoms. The van der Waals surface area contributed by atoms with Crippen LogP contribution in [0.1, 0.15) is 31.7 Å². The number of likely N-dealkylation sites (N-methyl/N-ethyl adjacent to an activating group) is 1. The summed E-state index contributed by atoms with van der Waals surface area (Å²) in [6.45, 7) is 4.92. The van der Waals surface area contributed by atoms with Crippen molar-refractivity contribution in [3.63, 3.8) is 0 Å². The lowest BCUT2D eigenvalue weighted by Crippen LogP contribution is -2.32. The summed E-state index contributed by atoms with van der Waals surface area (Å²) in [6, 6.07) is 8.11. The molecule has 0 radical (unpaired) electrons. The second kappa shape index (κ2) is 4.46. The van der Waals surface area contributed by atoms with Crippen LogP contribution in [0.15, 0.2) is 24.3 Å². The molecule has 0 unspecified atom stereocenters. The number of carbonyl (C=O) groups is 1. The lowest BCUT2D eigenvalue weighted by Gasteiger charge is -2.23. The molecule has 16 heavy (non-hydrogen) atoms. The number of benzene rings is 1. The van der Waals surface area contributed by atoms with Crippen molar-refractivity contribution in [1.29, 1.82) is 0 Å². The Morgan fingerprint density at radius 1 is 1.50 bits per heavy atom. The van der Waals surface area contributed by atoms with E-state index in [2.05, 4.69) is 13.0 Å². The third-order valence-corrected chi connectivity index (χ3v) is 3.64. The summed E-state index contributed by atoms with van der Waals surface area (Å²) in [4.78, 5) is 13.7. The smallest absolute Gasteiger partial charge is 0.223 e. The second-order valence-electron chi connectivity index (χ2n) is 4.29. The van der Waals surface area contributed by atoms with E-state index < -0.39 is 0 Å². The summed E-state index contributed by atoms with van der Waals surface area (Å²) in [7, 11) is 0. The molecule has 0 aliphatic carbocycles. The molecule has 3 heteroatoms. The van der Waals surface area contributed by atoms with Gasteiger partial charge in [-0.3, -0.25) is 4.79 Å². The van der Waals surface area contributed by atoms with Crippen molar-refractivity contribution in [1.82, 2.24) is 4.90 Å². The minimum absolute atomic E-state index is 0.250. The number of carbonyl (C=O) groups excluding carboxylic acids is 1. The Morgan fingerprint density at radius 2 is 2.25 bits per heavy atom. The van der Waals surface area contributed by atoms with E-state index in [1.54, 1.807) is 0 Å². The van der Waals surface area contributed by atoms with Gasteiger partial charge in [0.2, 0.25) is 5.91 Å². The molecule has 0 spiro atoms. The van der Waals surface area contributed by atoms with Crippen LogP contribution < -0.4 is 0 Å². The second-order valence-corrected chi connectivity index (χ2v) is 4.72. The van der Waals surface area contributed by atoms with E-state index in [0.29, 0.717) is 6.42 Å². The quantitative estimate of drug-likeness (QED) is 0.774. The van der Waals surface area contributed by atoms with E-state index in [0.717, 1.165) is 11.6 Å². The zero-order valence-electron chi connectivity index (χ0n) is 9.61. The highest BCUT2D eigenvalue weighted by molar-refractivity contribution is 6.30. The molecule has 0 aromatic heterocycles. The van der Waals surface area contributed by atoms with Gasteiger partial charge in [-0.1, -0.05) is 23.7 Å². The molecule has 1 saturated heterocycles. The van der Waals surface area contributed by atoms with Gasteiger partial charge in [-0.15, -0.1) is 0 Å². The van der Waals surface area contributed by atoms with Gasteiger partial charge in [0.15, 0.2) is 0 Å². The predicted molar refractivity (Wildman–Crippen MR) is 65.7 cm³/mol. The molecule has 1 heterocycles. The average molecular weight is 238 g/mol. The van der Waals surface area contributed by atoms with Crippen molar-refractivity contribution in [3.8, 4) is 0 Å². The van der Waals surface area contributed by atoms with E-state index in [-0.39, 0.29) is 17.9 Å². The highest BCUT2D eigenvalue weighted by Crippen LogP contribution is 2.34. The third kappa shape index (κ3) is 1.94. The molecule has 86 valence electrons. The van der Waals surface area contributed by atoms with Crippen LogP contribution in [-0.2, 0) is 4.79 Å². The Balaban J connectivity index is 2.27. The Bertz CT molecular complexity index is 405. The molecule has 1 fully saturated rings. The first-order valence-corrected chi connectivity index (χ1v) is 6.06. The van der Waals surface area contributed by atoms with Crippen LogP contribution in [0.5, 0.6) is 0 Å². The van der Waals surface area contributed by atoms with Gasteiger partial charge in [-0.25, -0.2) is 0 Å². The number of halogens is 1. The maximum absolute atomic E-state index is 11.8. The van der Waals surface area contributed by atoms with Crippen molar-refractivity contribution in [2.24, 2.45) is 0 Å². The van der Waals surface area contributed by atoms with Crippen LogP contribution in [0.2, 0.25) is 5.02 Å². The van der Waals surface area contributed by atoms with Crippen LogP contribution in [0.25, 0.3) is 0 Å². The van der Waals surface area contributed by atoms with Crippen molar-refractivity contribution < 1.29 is 4.79 Å². The van der Waals surface area contributed by atoms with Crippen molar-refractivity contribution >= 4 is 17.5 Å². The summed E-state index contributed by atoms with van der Waals surface area (Å²) in [5.74, 6) is 0.533. The van der Waals surface area contributed by atoms with Gasteiger partial charge in [-0.2, -0.15) is 0 Å². The lowest BCUT2D eigenvalue weighted by atomic mass is 9.93. The molecular formula is C13H16ClNO. The maximum Gasteiger partial charge on any atom is 0.223 e. The van der Waals surface area contributed by atoms with E-state index in [9.17, 15) is 4.79 Å². The van der Waals surface area contributed by atoms with Crippen LogP contribution in [0, 0.1) is 0 Å². The zero-order chi connectivity index (χ0) is 11.7. The molecule has 1 aromatic rings. The monoisotopic (exact) mass is 237 g/mol. The molecular weight excluding hydrogens is 222 g/mol. The molecule has 2 atom stereocenters. The summed E-state index contributed by atoms with van der Waals surface area (Å²) >= 11 is 5.98. The summed E-state index contributed by atoms with van der Waals surface area (Å²) in [5, 5.41) is 0.743. The molecule has 1 aliphatic rings. The third-order valence-electron chi connectivity index (χ3n) is 3.41. The van der Waals surface area contributed by atoms with Crippen molar-refractivity contribution in [3.05, 3.63) is 34.9 Å². The van der Waals surface area contributed by atoms with Gasteiger partial charge in [0.1, 0.15) is 0 Å². The number of hydrogen-bond donors (Lipinski definition) is 0. The highest BCUT2D eigenvalue weighted by atomic mass is 35.5. The van der Waals surface area contributed by atoms with Gasteiger partial charge in [0.05, 0.1) is 0 Å². The normalized spacial score (nSPS) is 25.2. The van der Waals surface area contributed by atoms with Gasteiger partial charge in [-0.05, 0) is 31.5 Å². The average Bonchev–Trinajstić information content (AvgIpc) is 2.54. The van der Waals surface area contributed by atoms with Crippen molar-refractivity contribution in [2.75, 3.05) is 6.54 Å². The predicted octanol–water partition coefficient (Wildman–Crippen LogP) is 3.06. The largest absolute Gasteiger partial charge is 0.340 e. The first-order chi connectivity index (χ1) is 7.63. The van der Waals surface area contributed by atoms with Gasteiger partial charge < -0.3 is 4.90 Å². The lowest BCUT2D eigenvalue weighted by molar-refractivity contribution is -0.128. The Hall–Kier alpha value is -1.02. The van der Waals surface area contributed by atoms with E-state index in [1.807, 2.05) is 30.0 Å². The fourth-order valence-corrected chi connectivity index (χ4v) is 2.72. The number of rotatable bonds is 2. The molecule has 1 amide bonds.